The van der Waals surface area contributed by atoms with Crippen LogP contribution < -0.4 is 5.56 Å². The molecule has 4 nitrogen and oxygen atoms in total. The number of H-pyrrole nitrogens is 1. The van der Waals surface area contributed by atoms with Crippen molar-refractivity contribution < 1.29 is 9.90 Å². The summed E-state index contributed by atoms with van der Waals surface area (Å²) in [4.78, 5) is 24.4. The summed E-state index contributed by atoms with van der Waals surface area (Å²) in [5.41, 5.74) is 0.764. The molecule has 2 N–H and O–H groups in total. The van der Waals surface area contributed by atoms with Crippen LogP contribution in [0.1, 0.15) is 10.5 Å². The van der Waals surface area contributed by atoms with Crippen LogP contribution in [0.3, 0.4) is 0 Å². The molecule has 0 aliphatic heterocycles. The lowest BCUT2D eigenvalue weighted by Crippen LogP contribution is -2.12. The summed E-state index contributed by atoms with van der Waals surface area (Å²) >= 11 is 0. The maximum Gasteiger partial charge on any atom is 0.353 e. The van der Waals surface area contributed by atoms with Gasteiger partial charge in [-0.25, -0.2) is 4.79 Å². The first-order valence-electron chi connectivity index (χ1n) is 4.70. The van der Waals surface area contributed by atoms with Gasteiger partial charge in [-0.05, 0) is 11.6 Å². The standard InChI is InChI=1S/C12H9NO3/c14-10-7-6-9(11(13-10)12(15)16)8-4-2-1-3-5-8/h1-7H,(H,13,14)(H,15,16). The van der Waals surface area contributed by atoms with Crippen molar-refractivity contribution >= 4 is 5.97 Å². The number of benzene rings is 1. The summed E-state index contributed by atoms with van der Waals surface area (Å²) in [7, 11) is 0. The van der Waals surface area contributed by atoms with Gasteiger partial charge in [-0.3, -0.25) is 4.79 Å². The number of carbonyl (C=O) groups is 1. The fraction of sp³-hybridized carbons (Fsp3) is 0. The minimum absolute atomic E-state index is 0.0845. The van der Waals surface area contributed by atoms with E-state index in [0.29, 0.717) is 5.56 Å². The molecule has 1 aromatic heterocycles. The lowest BCUT2D eigenvalue weighted by molar-refractivity contribution is 0.0691. The molecule has 16 heavy (non-hydrogen) atoms. The predicted octanol–water partition coefficient (Wildman–Crippen LogP) is 1.74. The quantitative estimate of drug-likeness (QED) is 0.801. The van der Waals surface area contributed by atoms with Crippen LogP contribution in [-0.2, 0) is 0 Å². The zero-order chi connectivity index (χ0) is 11.5. The van der Waals surface area contributed by atoms with E-state index in [1.54, 1.807) is 12.1 Å². The fourth-order valence-electron chi connectivity index (χ4n) is 1.50. The number of aromatic amines is 1. The molecule has 0 aliphatic carbocycles. The van der Waals surface area contributed by atoms with Gasteiger partial charge in [0.15, 0.2) is 0 Å². The lowest BCUT2D eigenvalue weighted by Gasteiger charge is -2.04. The van der Waals surface area contributed by atoms with E-state index >= 15 is 0 Å². The number of aromatic carboxylic acids is 1. The third-order valence-electron chi connectivity index (χ3n) is 2.22. The predicted molar refractivity (Wildman–Crippen MR) is 59.5 cm³/mol. The fourth-order valence-corrected chi connectivity index (χ4v) is 1.50. The van der Waals surface area contributed by atoms with E-state index in [1.807, 2.05) is 18.2 Å². The SMILES string of the molecule is O=C(O)c1[nH]c(=O)ccc1-c1ccccc1. The molecular weight excluding hydrogens is 206 g/mol. The van der Waals surface area contributed by atoms with Gasteiger partial charge >= 0.3 is 5.97 Å². The van der Waals surface area contributed by atoms with Gasteiger partial charge in [0.05, 0.1) is 0 Å². The van der Waals surface area contributed by atoms with E-state index in [2.05, 4.69) is 4.98 Å². The van der Waals surface area contributed by atoms with Gasteiger partial charge in [-0.15, -0.1) is 0 Å². The second kappa shape index (κ2) is 4.02. The van der Waals surface area contributed by atoms with Crippen molar-refractivity contribution in [2.24, 2.45) is 0 Å². The Morgan fingerprint density at radius 2 is 1.75 bits per heavy atom. The summed E-state index contributed by atoms with van der Waals surface area (Å²) in [6.07, 6.45) is 0. The minimum Gasteiger partial charge on any atom is -0.477 e. The molecule has 0 saturated heterocycles. The largest absolute Gasteiger partial charge is 0.477 e. The van der Waals surface area contributed by atoms with Crippen molar-refractivity contribution in [1.82, 2.24) is 4.98 Å². The van der Waals surface area contributed by atoms with Crippen LogP contribution in [-0.4, -0.2) is 16.1 Å². The molecule has 2 aromatic rings. The Labute approximate surface area is 91.2 Å². The smallest absolute Gasteiger partial charge is 0.353 e. The molecule has 0 saturated carbocycles. The lowest BCUT2D eigenvalue weighted by atomic mass is 10.0. The Morgan fingerprint density at radius 3 is 2.38 bits per heavy atom. The molecule has 2 rings (SSSR count). The number of carboxylic acid groups (broad SMARTS) is 1. The Bertz CT molecular complexity index is 572. The number of nitrogens with one attached hydrogen (secondary N) is 1. The summed E-state index contributed by atoms with van der Waals surface area (Å²) < 4.78 is 0. The van der Waals surface area contributed by atoms with Crippen molar-refractivity contribution in [3.05, 3.63) is 58.5 Å². The highest BCUT2D eigenvalue weighted by Crippen LogP contribution is 2.20. The molecule has 0 bridgehead atoms. The molecule has 0 spiro atoms. The third-order valence-corrected chi connectivity index (χ3v) is 2.22. The van der Waals surface area contributed by atoms with Gasteiger partial charge < -0.3 is 10.1 Å². The van der Waals surface area contributed by atoms with Crippen LogP contribution >= 0.6 is 0 Å². The molecule has 1 aromatic carbocycles. The zero-order valence-electron chi connectivity index (χ0n) is 8.31. The van der Waals surface area contributed by atoms with Crippen molar-refractivity contribution in [3.63, 3.8) is 0 Å². The van der Waals surface area contributed by atoms with E-state index in [9.17, 15) is 9.59 Å². The Morgan fingerprint density at radius 1 is 1.06 bits per heavy atom. The molecule has 80 valence electrons. The van der Waals surface area contributed by atoms with Gasteiger partial charge in [-0.2, -0.15) is 0 Å². The van der Waals surface area contributed by atoms with E-state index in [4.69, 9.17) is 5.11 Å². The van der Waals surface area contributed by atoms with Crippen LogP contribution in [0.15, 0.2) is 47.3 Å². The summed E-state index contributed by atoms with van der Waals surface area (Å²) in [5.74, 6) is -1.14. The number of hydrogen-bond donors (Lipinski definition) is 2. The number of hydrogen-bond acceptors (Lipinski definition) is 2. The molecule has 0 radical (unpaired) electrons. The van der Waals surface area contributed by atoms with E-state index in [0.717, 1.165) is 5.56 Å². The van der Waals surface area contributed by atoms with Gasteiger partial charge in [0.25, 0.3) is 0 Å². The van der Waals surface area contributed by atoms with Gasteiger partial charge in [-0.1, -0.05) is 30.3 Å². The highest BCUT2D eigenvalue weighted by Gasteiger charge is 2.11. The summed E-state index contributed by atoms with van der Waals surface area (Å²) in [5, 5.41) is 8.98. The van der Waals surface area contributed by atoms with Crippen molar-refractivity contribution in [2.75, 3.05) is 0 Å². The third kappa shape index (κ3) is 1.86. The molecule has 0 unspecified atom stereocenters. The average molecular weight is 215 g/mol. The van der Waals surface area contributed by atoms with Crippen LogP contribution in [0, 0.1) is 0 Å². The number of rotatable bonds is 2. The first-order chi connectivity index (χ1) is 7.68. The summed E-state index contributed by atoms with van der Waals surface area (Å²) in [6.45, 7) is 0. The molecule has 0 aliphatic rings. The molecule has 0 amide bonds. The average Bonchev–Trinajstić information content (AvgIpc) is 2.30. The maximum atomic E-state index is 11.1. The Hall–Kier alpha value is -2.36. The number of aromatic nitrogens is 1. The van der Waals surface area contributed by atoms with Gasteiger partial charge in [0.2, 0.25) is 5.56 Å². The van der Waals surface area contributed by atoms with Crippen LogP contribution in [0.5, 0.6) is 0 Å². The van der Waals surface area contributed by atoms with E-state index < -0.39 is 11.5 Å². The molecule has 1 heterocycles. The van der Waals surface area contributed by atoms with Crippen molar-refractivity contribution in [1.29, 1.82) is 0 Å². The van der Waals surface area contributed by atoms with Crippen LogP contribution in [0.2, 0.25) is 0 Å². The Balaban J connectivity index is 2.66. The van der Waals surface area contributed by atoms with Gasteiger partial charge in [0, 0.05) is 11.6 Å². The maximum absolute atomic E-state index is 11.1. The second-order valence-electron chi connectivity index (χ2n) is 3.28. The van der Waals surface area contributed by atoms with Crippen LogP contribution in [0.4, 0.5) is 0 Å². The number of carboxylic acids is 1. The molecular formula is C12H9NO3. The Kier molecular flexibility index (Phi) is 2.55. The van der Waals surface area contributed by atoms with E-state index in [-0.39, 0.29) is 5.69 Å². The van der Waals surface area contributed by atoms with Crippen molar-refractivity contribution in [3.8, 4) is 11.1 Å². The molecule has 0 fully saturated rings. The number of pyridine rings is 1. The first-order valence-corrected chi connectivity index (χ1v) is 4.70. The first kappa shape index (κ1) is 10.2. The minimum atomic E-state index is -1.14. The van der Waals surface area contributed by atoms with Crippen molar-refractivity contribution in [2.45, 2.75) is 0 Å². The molecule has 0 atom stereocenters. The van der Waals surface area contributed by atoms with E-state index in [1.165, 1.54) is 12.1 Å². The van der Waals surface area contributed by atoms with Crippen LogP contribution in [0.25, 0.3) is 11.1 Å². The zero-order valence-corrected chi connectivity index (χ0v) is 8.31. The normalized spacial score (nSPS) is 10.0. The highest BCUT2D eigenvalue weighted by atomic mass is 16.4. The second-order valence-corrected chi connectivity index (χ2v) is 3.28. The van der Waals surface area contributed by atoms with Gasteiger partial charge in [0.1, 0.15) is 5.69 Å². The molecule has 4 heteroatoms. The monoisotopic (exact) mass is 215 g/mol. The highest BCUT2D eigenvalue weighted by molar-refractivity contribution is 5.93. The summed E-state index contributed by atoms with van der Waals surface area (Å²) in [6, 6.07) is 11.9. The topological polar surface area (TPSA) is 70.2 Å².